The van der Waals surface area contributed by atoms with Gasteiger partial charge in [0.05, 0.1) is 11.1 Å². The average Bonchev–Trinajstić information content (AvgIpc) is 2.08. The molecule has 0 saturated carbocycles. The first kappa shape index (κ1) is 9.38. The van der Waals surface area contributed by atoms with Crippen molar-refractivity contribution in [3.63, 3.8) is 0 Å². The van der Waals surface area contributed by atoms with Gasteiger partial charge >= 0.3 is 0 Å². The number of halogens is 2. The number of nitrogens with two attached hydrogens (primary N) is 1. The van der Waals surface area contributed by atoms with Gasteiger partial charge in [0.15, 0.2) is 0 Å². The standard InChI is InChI=1S/C7H8ClFN2O/c8-4-1-5(6(12)2-10)7(9)11-3-4/h1,3,6,12H,2,10H2. The lowest BCUT2D eigenvalue weighted by Crippen LogP contribution is -2.13. The Balaban J connectivity index is 3.04. The molecule has 5 heteroatoms. The summed E-state index contributed by atoms with van der Waals surface area (Å²) in [6, 6.07) is 1.31. The Labute approximate surface area is 74.0 Å². The van der Waals surface area contributed by atoms with E-state index in [1.165, 1.54) is 12.3 Å². The number of pyridine rings is 1. The van der Waals surface area contributed by atoms with Gasteiger partial charge in [0.25, 0.3) is 0 Å². The highest BCUT2D eigenvalue weighted by atomic mass is 35.5. The van der Waals surface area contributed by atoms with Gasteiger partial charge < -0.3 is 10.8 Å². The molecule has 0 aliphatic carbocycles. The maximum absolute atomic E-state index is 12.8. The van der Waals surface area contributed by atoms with Gasteiger partial charge in [-0.3, -0.25) is 0 Å². The van der Waals surface area contributed by atoms with E-state index in [2.05, 4.69) is 4.98 Å². The Kier molecular flexibility index (Phi) is 2.97. The molecule has 3 N–H and O–H groups in total. The smallest absolute Gasteiger partial charge is 0.218 e. The van der Waals surface area contributed by atoms with E-state index in [4.69, 9.17) is 17.3 Å². The third kappa shape index (κ3) is 1.91. The average molecular weight is 191 g/mol. The Bertz CT molecular complexity index is 282. The molecule has 0 aliphatic rings. The molecule has 1 aromatic rings. The van der Waals surface area contributed by atoms with Crippen LogP contribution in [0, 0.1) is 5.95 Å². The minimum Gasteiger partial charge on any atom is -0.387 e. The Morgan fingerprint density at radius 2 is 2.42 bits per heavy atom. The Morgan fingerprint density at radius 1 is 1.75 bits per heavy atom. The van der Waals surface area contributed by atoms with Crippen LogP contribution < -0.4 is 5.73 Å². The molecule has 0 aliphatic heterocycles. The van der Waals surface area contributed by atoms with Crippen molar-refractivity contribution in [1.82, 2.24) is 4.98 Å². The first-order valence-corrected chi connectivity index (χ1v) is 3.72. The predicted octanol–water partition coefficient (Wildman–Crippen LogP) is 0.866. The van der Waals surface area contributed by atoms with E-state index in [0.717, 1.165) is 0 Å². The third-order valence-corrected chi connectivity index (χ3v) is 1.62. The number of hydrogen-bond acceptors (Lipinski definition) is 3. The van der Waals surface area contributed by atoms with Crippen LogP contribution in [-0.4, -0.2) is 16.6 Å². The maximum Gasteiger partial charge on any atom is 0.218 e. The summed E-state index contributed by atoms with van der Waals surface area (Å²) in [6.07, 6.45) is 0.125. The fourth-order valence-electron chi connectivity index (χ4n) is 0.799. The molecule has 1 heterocycles. The van der Waals surface area contributed by atoms with Crippen molar-refractivity contribution >= 4 is 11.6 Å². The zero-order valence-electron chi connectivity index (χ0n) is 6.17. The van der Waals surface area contributed by atoms with Crippen molar-refractivity contribution in [2.75, 3.05) is 6.54 Å². The van der Waals surface area contributed by atoms with Gasteiger partial charge in [0.2, 0.25) is 5.95 Å². The summed E-state index contributed by atoms with van der Waals surface area (Å²) in [5, 5.41) is 9.45. The van der Waals surface area contributed by atoms with Crippen LogP contribution in [0.1, 0.15) is 11.7 Å². The molecule has 0 amide bonds. The summed E-state index contributed by atoms with van der Waals surface area (Å²) in [4.78, 5) is 3.33. The van der Waals surface area contributed by atoms with Crippen LogP contribution in [0.3, 0.4) is 0 Å². The van der Waals surface area contributed by atoms with Gasteiger partial charge in [-0.05, 0) is 6.07 Å². The summed E-state index contributed by atoms with van der Waals surface area (Å²) in [7, 11) is 0. The summed E-state index contributed by atoms with van der Waals surface area (Å²) in [5.74, 6) is -0.739. The maximum atomic E-state index is 12.8. The zero-order chi connectivity index (χ0) is 9.14. The van der Waals surface area contributed by atoms with Gasteiger partial charge in [0, 0.05) is 18.3 Å². The van der Waals surface area contributed by atoms with E-state index < -0.39 is 12.1 Å². The van der Waals surface area contributed by atoms with Crippen LogP contribution in [0.15, 0.2) is 12.3 Å². The highest BCUT2D eigenvalue weighted by Crippen LogP contribution is 2.18. The molecule has 1 unspecified atom stereocenters. The van der Waals surface area contributed by atoms with Crippen LogP contribution in [0.4, 0.5) is 4.39 Å². The molecule has 0 bridgehead atoms. The lowest BCUT2D eigenvalue weighted by Gasteiger charge is -2.07. The number of aliphatic hydroxyl groups is 1. The van der Waals surface area contributed by atoms with E-state index in [0.29, 0.717) is 0 Å². The van der Waals surface area contributed by atoms with Crippen molar-refractivity contribution in [3.8, 4) is 0 Å². The van der Waals surface area contributed by atoms with Crippen molar-refractivity contribution in [1.29, 1.82) is 0 Å². The van der Waals surface area contributed by atoms with Crippen molar-refractivity contribution in [2.45, 2.75) is 6.10 Å². The minimum absolute atomic E-state index is 0.0324. The number of aromatic nitrogens is 1. The summed E-state index contributed by atoms with van der Waals surface area (Å²) in [5.41, 5.74) is 5.17. The van der Waals surface area contributed by atoms with Crippen molar-refractivity contribution in [2.24, 2.45) is 5.73 Å². The highest BCUT2D eigenvalue weighted by molar-refractivity contribution is 6.30. The molecular formula is C7H8ClFN2O. The van der Waals surface area contributed by atoms with Crippen LogP contribution in [0.25, 0.3) is 0 Å². The first-order valence-electron chi connectivity index (χ1n) is 3.34. The van der Waals surface area contributed by atoms with Crippen LogP contribution >= 0.6 is 11.6 Å². The molecule has 66 valence electrons. The van der Waals surface area contributed by atoms with Crippen LogP contribution in [0.2, 0.25) is 5.02 Å². The number of aliphatic hydroxyl groups excluding tert-OH is 1. The second-order valence-corrected chi connectivity index (χ2v) is 2.72. The zero-order valence-corrected chi connectivity index (χ0v) is 6.92. The molecular weight excluding hydrogens is 183 g/mol. The lowest BCUT2D eigenvalue weighted by atomic mass is 10.1. The lowest BCUT2D eigenvalue weighted by molar-refractivity contribution is 0.180. The van der Waals surface area contributed by atoms with E-state index in [-0.39, 0.29) is 17.1 Å². The quantitative estimate of drug-likeness (QED) is 0.681. The molecule has 1 rings (SSSR count). The topological polar surface area (TPSA) is 59.1 Å². The Morgan fingerprint density at radius 3 is 3.00 bits per heavy atom. The van der Waals surface area contributed by atoms with Crippen molar-refractivity contribution < 1.29 is 9.50 Å². The molecule has 1 aromatic heterocycles. The molecule has 0 aromatic carbocycles. The van der Waals surface area contributed by atoms with Gasteiger partial charge in [0.1, 0.15) is 0 Å². The van der Waals surface area contributed by atoms with Crippen molar-refractivity contribution in [3.05, 3.63) is 28.8 Å². The van der Waals surface area contributed by atoms with Gasteiger partial charge in [-0.15, -0.1) is 0 Å². The van der Waals surface area contributed by atoms with Gasteiger partial charge in [-0.2, -0.15) is 4.39 Å². The molecule has 0 radical (unpaired) electrons. The molecule has 1 atom stereocenters. The minimum atomic E-state index is -1.05. The van der Waals surface area contributed by atoms with Gasteiger partial charge in [-0.25, -0.2) is 4.98 Å². The molecule has 0 saturated heterocycles. The summed E-state index contributed by atoms with van der Waals surface area (Å²) >= 11 is 5.54. The molecule has 3 nitrogen and oxygen atoms in total. The fourth-order valence-corrected chi connectivity index (χ4v) is 0.965. The molecule has 0 fully saturated rings. The van der Waals surface area contributed by atoms with Gasteiger partial charge in [-0.1, -0.05) is 11.6 Å². The first-order chi connectivity index (χ1) is 5.65. The SMILES string of the molecule is NCC(O)c1cc(Cl)cnc1F. The second-order valence-electron chi connectivity index (χ2n) is 2.29. The monoisotopic (exact) mass is 190 g/mol. The van der Waals surface area contributed by atoms with E-state index in [9.17, 15) is 9.50 Å². The second kappa shape index (κ2) is 3.80. The predicted molar refractivity (Wildman–Crippen MR) is 43.2 cm³/mol. The number of nitrogens with zero attached hydrogens (tertiary/aromatic N) is 1. The molecule has 12 heavy (non-hydrogen) atoms. The third-order valence-electron chi connectivity index (χ3n) is 1.42. The van der Waals surface area contributed by atoms with E-state index in [1.807, 2.05) is 0 Å². The van der Waals surface area contributed by atoms with E-state index >= 15 is 0 Å². The van der Waals surface area contributed by atoms with Crippen LogP contribution in [0.5, 0.6) is 0 Å². The number of hydrogen-bond donors (Lipinski definition) is 2. The summed E-state index contributed by atoms with van der Waals surface area (Å²) < 4.78 is 12.8. The highest BCUT2D eigenvalue weighted by Gasteiger charge is 2.12. The van der Waals surface area contributed by atoms with E-state index in [1.54, 1.807) is 0 Å². The fraction of sp³-hybridized carbons (Fsp3) is 0.286. The Hall–Kier alpha value is -0.710. The molecule has 0 spiro atoms. The normalized spacial score (nSPS) is 13.0. The number of rotatable bonds is 2. The van der Waals surface area contributed by atoms with Crippen LogP contribution in [-0.2, 0) is 0 Å². The summed E-state index contributed by atoms with van der Waals surface area (Å²) in [6.45, 7) is -0.0566. The largest absolute Gasteiger partial charge is 0.387 e.